The largest absolute Gasteiger partial charge is 0.481 e. The standard InChI is InChI=1S/C12H13BrN2O3/c1-14-10(6-11(16)17)7-15(12(14)18)9-4-2-3-8(13)5-9/h2-5,10H,6-7H2,1H3,(H,16,17). The first kappa shape index (κ1) is 12.9. The van der Waals surface area contributed by atoms with Crippen molar-refractivity contribution in [3.05, 3.63) is 28.7 Å². The highest BCUT2D eigenvalue weighted by Crippen LogP contribution is 2.26. The maximum Gasteiger partial charge on any atom is 0.324 e. The molecule has 1 N–H and O–H groups in total. The van der Waals surface area contributed by atoms with Gasteiger partial charge in [0.1, 0.15) is 0 Å². The van der Waals surface area contributed by atoms with Gasteiger partial charge in [-0.25, -0.2) is 4.79 Å². The second-order valence-electron chi connectivity index (χ2n) is 4.24. The second kappa shape index (κ2) is 4.97. The topological polar surface area (TPSA) is 60.9 Å². The van der Waals surface area contributed by atoms with Gasteiger partial charge in [-0.05, 0) is 18.2 Å². The van der Waals surface area contributed by atoms with E-state index in [1.807, 2.05) is 24.3 Å². The third-order valence-corrected chi connectivity index (χ3v) is 3.50. The van der Waals surface area contributed by atoms with Crippen molar-refractivity contribution >= 4 is 33.6 Å². The van der Waals surface area contributed by atoms with Gasteiger partial charge in [-0.3, -0.25) is 9.69 Å². The molecule has 0 saturated carbocycles. The van der Waals surface area contributed by atoms with Gasteiger partial charge in [0.2, 0.25) is 0 Å². The Kier molecular flexibility index (Phi) is 3.56. The van der Waals surface area contributed by atoms with Crippen LogP contribution in [-0.4, -0.2) is 41.6 Å². The normalized spacial score (nSPS) is 19.4. The SMILES string of the molecule is CN1C(=O)N(c2cccc(Br)c2)CC1CC(=O)O. The molecule has 0 bridgehead atoms. The number of urea groups is 1. The molecule has 1 aliphatic heterocycles. The molecule has 0 spiro atoms. The number of rotatable bonds is 3. The molecule has 0 aromatic heterocycles. The Balaban J connectivity index is 2.21. The molecule has 2 rings (SSSR count). The number of anilines is 1. The van der Waals surface area contributed by atoms with Crippen LogP contribution in [0.15, 0.2) is 28.7 Å². The van der Waals surface area contributed by atoms with E-state index in [0.717, 1.165) is 10.2 Å². The molecule has 0 aliphatic carbocycles. The van der Waals surface area contributed by atoms with Crippen molar-refractivity contribution in [3.8, 4) is 0 Å². The van der Waals surface area contributed by atoms with E-state index in [0.29, 0.717) is 6.54 Å². The molecule has 2 amide bonds. The predicted molar refractivity (Wildman–Crippen MR) is 70.7 cm³/mol. The van der Waals surface area contributed by atoms with Crippen molar-refractivity contribution < 1.29 is 14.7 Å². The summed E-state index contributed by atoms with van der Waals surface area (Å²) in [6.45, 7) is 0.401. The summed E-state index contributed by atoms with van der Waals surface area (Å²) in [7, 11) is 1.63. The number of aliphatic carboxylic acids is 1. The molecule has 1 aromatic carbocycles. The summed E-state index contributed by atoms with van der Waals surface area (Å²) in [5, 5.41) is 8.81. The lowest BCUT2D eigenvalue weighted by Crippen LogP contribution is -2.32. The van der Waals surface area contributed by atoms with Crippen molar-refractivity contribution in [2.24, 2.45) is 0 Å². The first-order valence-corrected chi connectivity index (χ1v) is 6.30. The van der Waals surface area contributed by atoms with Gasteiger partial charge in [0, 0.05) is 23.8 Å². The lowest BCUT2D eigenvalue weighted by molar-refractivity contribution is -0.137. The summed E-state index contributed by atoms with van der Waals surface area (Å²) in [4.78, 5) is 25.9. The van der Waals surface area contributed by atoms with Crippen LogP contribution in [0.2, 0.25) is 0 Å². The van der Waals surface area contributed by atoms with Crippen LogP contribution in [0.5, 0.6) is 0 Å². The van der Waals surface area contributed by atoms with E-state index in [9.17, 15) is 9.59 Å². The minimum absolute atomic E-state index is 0.0350. The average molecular weight is 313 g/mol. The first-order chi connectivity index (χ1) is 8.49. The zero-order valence-corrected chi connectivity index (χ0v) is 11.4. The number of carbonyl (C=O) groups is 2. The van der Waals surface area contributed by atoms with Gasteiger partial charge in [-0.1, -0.05) is 22.0 Å². The lowest BCUT2D eigenvalue weighted by Gasteiger charge is -2.16. The number of carbonyl (C=O) groups excluding carboxylic acids is 1. The molecule has 1 aromatic rings. The van der Waals surface area contributed by atoms with Crippen molar-refractivity contribution in [2.75, 3.05) is 18.5 Å². The minimum Gasteiger partial charge on any atom is -0.481 e. The molecule has 6 heteroatoms. The smallest absolute Gasteiger partial charge is 0.324 e. The molecule has 96 valence electrons. The Hall–Kier alpha value is -1.56. The number of benzene rings is 1. The molecule has 0 radical (unpaired) electrons. The highest BCUT2D eigenvalue weighted by Gasteiger charge is 2.36. The molecular formula is C12H13BrN2O3. The maximum atomic E-state index is 12.1. The Bertz CT molecular complexity index is 492. The van der Waals surface area contributed by atoms with Crippen LogP contribution < -0.4 is 4.90 Å². The fourth-order valence-corrected chi connectivity index (χ4v) is 2.41. The minimum atomic E-state index is -0.893. The van der Waals surface area contributed by atoms with E-state index < -0.39 is 5.97 Å². The van der Waals surface area contributed by atoms with Gasteiger partial charge >= 0.3 is 12.0 Å². The Morgan fingerprint density at radius 3 is 2.89 bits per heavy atom. The summed E-state index contributed by atoms with van der Waals surface area (Å²) in [6, 6.07) is 6.95. The third-order valence-electron chi connectivity index (χ3n) is 3.00. The van der Waals surface area contributed by atoms with E-state index in [1.54, 1.807) is 11.9 Å². The number of hydrogen-bond acceptors (Lipinski definition) is 2. The molecule has 18 heavy (non-hydrogen) atoms. The quantitative estimate of drug-likeness (QED) is 0.930. The lowest BCUT2D eigenvalue weighted by atomic mass is 10.2. The van der Waals surface area contributed by atoms with E-state index in [1.165, 1.54) is 4.90 Å². The fourth-order valence-electron chi connectivity index (χ4n) is 2.02. The van der Waals surface area contributed by atoms with E-state index in [2.05, 4.69) is 15.9 Å². The zero-order valence-electron chi connectivity index (χ0n) is 9.84. The molecule has 1 unspecified atom stereocenters. The summed E-state index contributed by atoms with van der Waals surface area (Å²) in [5.41, 5.74) is 0.772. The number of amides is 2. The highest BCUT2D eigenvalue weighted by atomic mass is 79.9. The zero-order chi connectivity index (χ0) is 13.3. The number of hydrogen-bond donors (Lipinski definition) is 1. The van der Waals surface area contributed by atoms with Gasteiger partial charge < -0.3 is 10.0 Å². The van der Waals surface area contributed by atoms with Gasteiger partial charge in [-0.15, -0.1) is 0 Å². The molecule has 1 atom stereocenters. The summed E-state index contributed by atoms with van der Waals surface area (Å²) in [6.07, 6.45) is -0.0350. The number of halogens is 1. The van der Waals surface area contributed by atoms with Crippen molar-refractivity contribution in [2.45, 2.75) is 12.5 Å². The molecule has 1 aliphatic rings. The number of nitrogens with zero attached hydrogens (tertiary/aromatic N) is 2. The van der Waals surface area contributed by atoms with Crippen molar-refractivity contribution in [1.29, 1.82) is 0 Å². The van der Waals surface area contributed by atoms with Crippen LogP contribution in [0.1, 0.15) is 6.42 Å². The van der Waals surface area contributed by atoms with Gasteiger partial charge in [0.15, 0.2) is 0 Å². The third kappa shape index (κ3) is 2.48. The average Bonchev–Trinajstić information content (AvgIpc) is 2.57. The Morgan fingerprint density at radius 1 is 1.56 bits per heavy atom. The Morgan fingerprint density at radius 2 is 2.28 bits per heavy atom. The predicted octanol–water partition coefficient (Wildman–Crippen LogP) is 2.16. The molecule has 1 fully saturated rings. The molecule has 5 nitrogen and oxygen atoms in total. The van der Waals surface area contributed by atoms with Crippen LogP contribution in [-0.2, 0) is 4.79 Å². The Labute approximate surface area is 113 Å². The van der Waals surface area contributed by atoms with Crippen LogP contribution in [0.4, 0.5) is 10.5 Å². The first-order valence-electron chi connectivity index (χ1n) is 5.50. The van der Waals surface area contributed by atoms with E-state index >= 15 is 0 Å². The summed E-state index contributed by atoms with van der Waals surface area (Å²) in [5.74, 6) is -0.893. The summed E-state index contributed by atoms with van der Waals surface area (Å²) >= 11 is 3.35. The van der Waals surface area contributed by atoms with Crippen LogP contribution >= 0.6 is 15.9 Å². The van der Waals surface area contributed by atoms with Gasteiger partial charge in [-0.2, -0.15) is 0 Å². The van der Waals surface area contributed by atoms with Crippen molar-refractivity contribution in [1.82, 2.24) is 4.90 Å². The summed E-state index contributed by atoms with van der Waals surface area (Å²) < 4.78 is 0.886. The van der Waals surface area contributed by atoms with Gasteiger partial charge in [0.25, 0.3) is 0 Å². The van der Waals surface area contributed by atoms with Crippen LogP contribution in [0.3, 0.4) is 0 Å². The van der Waals surface area contributed by atoms with E-state index in [-0.39, 0.29) is 18.5 Å². The molecule has 1 heterocycles. The number of carboxylic acid groups (broad SMARTS) is 1. The monoisotopic (exact) mass is 312 g/mol. The second-order valence-corrected chi connectivity index (χ2v) is 5.15. The molecule has 1 saturated heterocycles. The highest BCUT2D eigenvalue weighted by molar-refractivity contribution is 9.10. The number of likely N-dealkylation sites (N-methyl/N-ethyl adjacent to an activating group) is 1. The number of carboxylic acids is 1. The fraction of sp³-hybridized carbons (Fsp3) is 0.333. The van der Waals surface area contributed by atoms with E-state index in [4.69, 9.17) is 5.11 Å². The van der Waals surface area contributed by atoms with Crippen LogP contribution in [0, 0.1) is 0 Å². The van der Waals surface area contributed by atoms with Gasteiger partial charge in [0.05, 0.1) is 12.5 Å². The molecular weight excluding hydrogens is 300 g/mol. The van der Waals surface area contributed by atoms with Crippen molar-refractivity contribution in [3.63, 3.8) is 0 Å². The maximum absolute atomic E-state index is 12.1. The van der Waals surface area contributed by atoms with Crippen LogP contribution in [0.25, 0.3) is 0 Å².